The molecule has 80 valence electrons. The van der Waals surface area contributed by atoms with E-state index in [9.17, 15) is 9.18 Å². The Balaban J connectivity index is 2.21. The summed E-state index contributed by atoms with van der Waals surface area (Å²) in [5, 5.41) is 8.93. The van der Waals surface area contributed by atoms with E-state index >= 15 is 0 Å². The van der Waals surface area contributed by atoms with E-state index in [1.54, 1.807) is 0 Å². The molecule has 1 amide bonds. The number of aromatic nitrogens is 1. The molecule has 1 unspecified atom stereocenters. The predicted octanol–water partition coefficient (Wildman–Crippen LogP) is 0.566. The number of aliphatic hydroxyl groups excluding tert-OH is 1. The molecule has 0 radical (unpaired) electrons. The van der Waals surface area contributed by atoms with Crippen molar-refractivity contribution in [2.75, 3.05) is 18.1 Å². The van der Waals surface area contributed by atoms with Crippen molar-refractivity contribution in [1.29, 1.82) is 0 Å². The molecule has 0 aromatic carbocycles. The third-order valence-electron chi connectivity index (χ3n) is 2.47. The molecule has 1 saturated heterocycles. The number of carbonyl (C=O) groups is 1. The van der Waals surface area contributed by atoms with Crippen molar-refractivity contribution in [3.05, 3.63) is 24.3 Å². The van der Waals surface area contributed by atoms with Gasteiger partial charge in [0, 0.05) is 31.6 Å². The number of hydrogen-bond donors (Lipinski definition) is 1. The van der Waals surface area contributed by atoms with Gasteiger partial charge in [0.2, 0.25) is 5.91 Å². The van der Waals surface area contributed by atoms with E-state index in [1.807, 2.05) is 0 Å². The number of hydrogen-bond acceptors (Lipinski definition) is 3. The van der Waals surface area contributed by atoms with Crippen LogP contribution < -0.4 is 4.90 Å². The van der Waals surface area contributed by atoms with Crippen molar-refractivity contribution in [2.24, 2.45) is 5.92 Å². The molecule has 4 nitrogen and oxygen atoms in total. The second-order valence-electron chi connectivity index (χ2n) is 3.62. The summed E-state index contributed by atoms with van der Waals surface area (Å²) in [7, 11) is 0. The first-order valence-electron chi connectivity index (χ1n) is 4.72. The summed E-state index contributed by atoms with van der Waals surface area (Å²) < 4.78 is 12.9. The first-order valence-corrected chi connectivity index (χ1v) is 4.72. The highest BCUT2D eigenvalue weighted by molar-refractivity contribution is 5.95. The van der Waals surface area contributed by atoms with E-state index in [0.717, 1.165) is 6.20 Å². The zero-order chi connectivity index (χ0) is 10.8. The molecule has 15 heavy (non-hydrogen) atoms. The molecule has 2 heterocycles. The first kappa shape index (κ1) is 10.0. The maximum absolute atomic E-state index is 12.9. The Kier molecular flexibility index (Phi) is 2.64. The van der Waals surface area contributed by atoms with Gasteiger partial charge in [-0.2, -0.15) is 0 Å². The van der Waals surface area contributed by atoms with Gasteiger partial charge in [-0.25, -0.2) is 4.39 Å². The van der Waals surface area contributed by atoms with Gasteiger partial charge in [-0.05, 0) is 0 Å². The van der Waals surface area contributed by atoms with E-state index in [-0.39, 0.29) is 18.4 Å². The van der Waals surface area contributed by atoms with E-state index in [4.69, 9.17) is 5.11 Å². The van der Waals surface area contributed by atoms with Gasteiger partial charge in [-0.1, -0.05) is 0 Å². The zero-order valence-electron chi connectivity index (χ0n) is 8.06. The number of nitrogens with zero attached hydrogens (tertiary/aromatic N) is 2. The molecule has 1 aliphatic heterocycles. The second-order valence-corrected chi connectivity index (χ2v) is 3.62. The van der Waals surface area contributed by atoms with Crippen molar-refractivity contribution in [1.82, 2.24) is 4.98 Å². The SMILES string of the molecule is O=C1CC(CO)CN1c1cncc(F)c1. The standard InChI is InChI=1S/C10H11FN2O2/c11-8-2-9(4-12-3-8)13-5-7(6-14)1-10(13)15/h2-4,7,14H,1,5-6H2. The van der Waals surface area contributed by atoms with Crippen molar-refractivity contribution in [2.45, 2.75) is 6.42 Å². The van der Waals surface area contributed by atoms with Crippen molar-refractivity contribution < 1.29 is 14.3 Å². The third-order valence-corrected chi connectivity index (χ3v) is 2.47. The van der Waals surface area contributed by atoms with Crippen LogP contribution in [0.2, 0.25) is 0 Å². The Hall–Kier alpha value is -1.49. The highest BCUT2D eigenvalue weighted by Gasteiger charge is 2.30. The van der Waals surface area contributed by atoms with Crippen LogP contribution >= 0.6 is 0 Å². The smallest absolute Gasteiger partial charge is 0.227 e. The van der Waals surface area contributed by atoms with E-state index < -0.39 is 5.82 Å². The summed E-state index contributed by atoms with van der Waals surface area (Å²) in [6.07, 6.45) is 2.85. The highest BCUT2D eigenvalue weighted by atomic mass is 19.1. The number of rotatable bonds is 2. The maximum atomic E-state index is 12.9. The minimum Gasteiger partial charge on any atom is -0.396 e. The summed E-state index contributed by atoms with van der Waals surface area (Å²) in [6, 6.07) is 1.27. The largest absolute Gasteiger partial charge is 0.396 e. The van der Waals surface area contributed by atoms with Crippen LogP contribution in [0.15, 0.2) is 18.5 Å². The maximum Gasteiger partial charge on any atom is 0.227 e. The first-order chi connectivity index (χ1) is 7.20. The van der Waals surface area contributed by atoms with Gasteiger partial charge in [0.25, 0.3) is 0 Å². The van der Waals surface area contributed by atoms with Crippen molar-refractivity contribution in [3.8, 4) is 0 Å². The van der Waals surface area contributed by atoms with Crippen LogP contribution in [0.4, 0.5) is 10.1 Å². The Labute approximate surface area is 86.4 Å². The van der Waals surface area contributed by atoms with Crippen molar-refractivity contribution >= 4 is 11.6 Å². The fourth-order valence-electron chi connectivity index (χ4n) is 1.70. The number of aliphatic hydroxyl groups is 1. The zero-order valence-corrected chi connectivity index (χ0v) is 8.06. The normalized spacial score (nSPS) is 21.1. The molecule has 1 aromatic rings. The molecule has 0 spiro atoms. The van der Waals surface area contributed by atoms with Crippen LogP contribution in [0.3, 0.4) is 0 Å². The Morgan fingerprint density at radius 1 is 1.60 bits per heavy atom. The molecular formula is C10H11FN2O2. The van der Waals surface area contributed by atoms with Gasteiger partial charge in [0.1, 0.15) is 5.82 Å². The molecular weight excluding hydrogens is 199 g/mol. The topological polar surface area (TPSA) is 53.4 Å². The van der Waals surface area contributed by atoms with Gasteiger partial charge in [0.05, 0.1) is 18.1 Å². The van der Waals surface area contributed by atoms with E-state index in [2.05, 4.69) is 4.98 Å². The van der Waals surface area contributed by atoms with Gasteiger partial charge >= 0.3 is 0 Å². The second kappa shape index (κ2) is 3.94. The summed E-state index contributed by atoms with van der Waals surface area (Å²) in [5.41, 5.74) is 0.455. The third kappa shape index (κ3) is 1.97. The molecule has 0 bridgehead atoms. The van der Waals surface area contributed by atoms with E-state index in [0.29, 0.717) is 18.7 Å². The van der Waals surface area contributed by atoms with E-state index in [1.165, 1.54) is 17.2 Å². The van der Waals surface area contributed by atoms with Crippen molar-refractivity contribution in [3.63, 3.8) is 0 Å². The quantitative estimate of drug-likeness (QED) is 0.776. The van der Waals surface area contributed by atoms with Gasteiger partial charge < -0.3 is 10.0 Å². The predicted molar refractivity (Wildman–Crippen MR) is 51.7 cm³/mol. The number of carbonyl (C=O) groups excluding carboxylic acids is 1. The fourth-order valence-corrected chi connectivity index (χ4v) is 1.70. The van der Waals surface area contributed by atoms with Crippen LogP contribution in [0.5, 0.6) is 0 Å². The summed E-state index contributed by atoms with van der Waals surface area (Å²) in [5.74, 6) is -0.616. The van der Waals surface area contributed by atoms with Crippen LogP contribution in [0.1, 0.15) is 6.42 Å². The number of anilines is 1. The number of halogens is 1. The number of pyridine rings is 1. The molecule has 1 fully saturated rings. The lowest BCUT2D eigenvalue weighted by Gasteiger charge is -2.15. The Morgan fingerprint density at radius 3 is 3.00 bits per heavy atom. The minimum atomic E-state index is -0.465. The monoisotopic (exact) mass is 210 g/mol. The molecule has 1 atom stereocenters. The molecule has 0 aliphatic carbocycles. The molecule has 2 rings (SSSR count). The Morgan fingerprint density at radius 2 is 2.40 bits per heavy atom. The fraction of sp³-hybridized carbons (Fsp3) is 0.400. The summed E-state index contributed by atoms with van der Waals surface area (Å²) in [4.78, 5) is 16.7. The molecule has 1 aromatic heterocycles. The summed E-state index contributed by atoms with van der Waals surface area (Å²) in [6.45, 7) is 0.408. The highest BCUT2D eigenvalue weighted by Crippen LogP contribution is 2.24. The lowest BCUT2D eigenvalue weighted by molar-refractivity contribution is -0.117. The van der Waals surface area contributed by atoms with Crippen LogP contribution in [0.25, 0.3) is 0 Å². The average molecular weight is 210 g/mol. The molecule has 5 heteroatoms. The van der Waals surface area contributed by atoms with Crippen LogP contribution in [0, 0.1) is 11.7 Å². The average Bonchev–Trinajstić information content (AvgIpc) is 2.60. The lowest BCUT2D eigenvalue weighted by atomic mass is 10.1. The van der Waals surface area contributed by atoms with Crippen LogP contribution in [-0.2, 0) is 4.79 Å². The van der Waals surface area contributed by atoms with Crippen LogP contribution in [-0.4, -0.2) is 29.1 Å². The van der Waals surface area contributed by atoms with Gasteiger partial charge in [0.15, 0.2) is 0 Å². The molecule has 1 aliphatic rings. The molecule has 0 saturated carbocycles. The van der Waals surface area contributed by atoms with Gasteiger partial charge in [-0.3, -0.25) is 9.78 Å². The number of amides is 1. The summed E-state index contributed by atoms with van der Waals surface area (Å²) >= 11 is 0. The molecule has 1 N–H and O–H groups in total. The Bertz CT molecular complexity index is 383. The minimum absolute atomic E-state index is 0.0228. The lowest BCUT2D eigenvalue weighted by Crippen LogP contribution is -2.25. The van der Waals surface area contributed by atoms with Gasteiger partial charge in [-0.15, -0.1) is 0 Å².